The van der Waals surface area contributed by atoms with E-state index in [4.69, 9.17) is 4.74 Å². The maximum absolute atomic E-state index is 12.2. The Hall–Kier alpha value is -2.84. The monoisotopic (exact) mass is 424 g/mol. The van der Waals surface area contributed by atoms with Crippen molar-refractivity contribution in [3.05, 3.63) is 64.1 Å². The van der Waals surface area contributed by atoms with Crippen LogP contribution in [0.25, 0.3) is 11.0 Å². The molecular weight excluding hydrogens is 404 g/mol. The molecule has 0 unspecified atom stereocenters. The first-order chi connectivity index (χ1) is 14.1. The van der Waals surface area contributed by atoms with Crippen molar-refractivity contribution in [2.24, 2.45) is 0 Å². The number of rotatable bonds is 7. The number of methoxy groups -OCH3 is 1. The van der Waals surface area contributed by atoms with Crippen molar-refractivity contribution in [2.75, 3.05) is 12.4 Å². The third-order valence-electron chi connectivity index (χ3n) is 4.27. The largest absolute Gasteiger partial charge is 0.497 e. The van der Waals surface area contributed by atoms with Crippen LogP contribution in [-0.4, -0.2) is 28.0 Å². The van der Waals surface area contributed by atoms with Crippen molar-refractivity contribution < 1.29 is 9.53 Å². The lowest BCUT2D eigenvalue weighted by molar-refractivity contribution is -0.115. The number of amides is 1. The molecule has 0 bridgehead atoms. The van der Waals surface area contributed by atoms with Crippen LogP contribution in [0.3, 0.4) is 0 Å². The van der Waals surface area contributed by atoms with E-state index >= 15 is 0 Å². The van der Waals surface area contributed by atoms with Crippen LogP contribution in [0.2, 0.25) is 0 Å². The molecular formula is C21H20N4O2S2. The number of aromatic amines is 1. The summed E-state index contributed by atoms with van der Waals surface area (Å²) in [7, 11) is 1.65. The molecule has 4 rings (SSSR count). The molecule has 0 saturated carbocycles. The van der Waals surface area contributed by atoms with Crippen LogP contribution in [-0.2, 0) is 17.0 Å². The quantitative estimate of drug-likeness (QED) is 0.416. The Bertz CT molecular complexity index is 1140. The first kappa shape index (κ1) is 19.5. The molecule has 2 aromatic heterocycles. The summed E-state index contributed by atoms with van der Waals surface area (Å²) in [6.45, 7) is 2.02. The molecule has 6 nitrogen and oxygen atoms in total. The van der Waals surface area contributed by atoms with Crippen LogP contribution in [0, 0.1) is 6.92 Å². The van der Waals surface area contributed by atoms with Gasteiger partial charge >= 0.3 is 0 Å². The smallest absolute Gasteiger partial charge is 0.231 e. The summed E-state index contributed by atoms with van der Waals surface area (Å²) in [6, 6.07) is 13.5. The average Bonchev–Trinajstić information content (AvgIpc) is 3.33. The van der Waals surface area contributed by atoms with Crippen molar-refractivity contribution in [2.45, 2.75) is 24.3 Å². The van der Waals surface area contributed by atoms with Gasteiger partial charge in [-0.05, 0) is 31.2 Å². The Morgan fingerprint density at radius 3 is 2.83 bits per heavy atom. The second kappa shape index (κ2) is 8.67. The van der Waals surface area contributed by atoms with Gasteiger partial charge < -0.3 is 15.0 Å². The van der Waals surface area contributed by atoms with E-state index in [0.717, 1.165) is 43.9 Å². The number of imidazole rings is 1. The number of ether oxygens (including phenoxy) is 1. The van der Waals surface area contributed by atoms with Crippen LogP contribution < -0.4 is 10.1 Å². The normalized spacial score (nSPS) is 11.0. The lowest BCUT2D eigenvalue weighted by Gasteiger charge is -2.04. The van der Waals surface area contributed by atoms with Gasteiger partial charge in [-0.15, -0.1) is 11.3 Å². The molecule has 0 atom stereocenters. The lowest BCUT2D eigenvalue weighted by atomic mass is 10.2. The molecule has 0 radical (unpaired) electrons. The number of carbonyl (C=O) groups excluding carboxylic acids is 1. The summed E-state index contributed by atoms with van der Waals surface area (Å²) in [6.07, 6.45) is 0.271. The minimum Gasteiger partial charge on any atom is -0.497 e. The molecule has 2 N–H and O–H groups in total. The topological polar surface area (TPSA) is 79.9 Å². The zero-order valence-electron chi connectivity index (χ0n) is 16.1. The van der Waals surface area contributed by atoms with Crippen molar-refractivity contribution >= 4 is 45.7 Å². The van der Waals surface area contributed by atoms with Crippen molar-refractivity contribution in [3.63, 3.8) is 0 Å². The maximum atomic E-state index is 12.2. The molecule has 0 spiro atoms. The van der Waals surface area contributed by atoms with Gasteiger partial charge in [-0.3, -0.25) is 4.79 Å². The minimum absolute atomic E-state index is 0.0614. The van der Waals surface area contributed by atoms with E-state index in [0.29, 0.717) is 5.75 Å². The highest BCUT2D eigenvalue weighted by Gasteiger charge is 2.10. The van der Waals surface area contributed by atoms with Gasteiger partial charge in [0.25, 0.3) is 0 Å². The fourth-order valence-corrected chi connectivity index (χ4v) is 4.45. The fourth-order valence-electron chi connectivity index (χ4n) is 2.78. The first-order valence-corrected chi connectivity index (χ1v) is 10.9. The lowest BCUT2D eigenvalue weighted by Crippen LogP contribution is -2.14. The van der Waals surface area contributed by atoms with Crippen molar-refractivity contribution in [1.29, 1.82) is 0 Å². The number of aromatic nitrogens is 3. The number of nitrogens with one attached hydrogen (secondary N) is 2. The molecule has 8 heteroatoms. The highest BCUT2D eigenvalue weighted by molar-refractivity contribution is 7.98. The number of carbonyl (C=O) groups is 1. The van der Waals surface area contributed by atoms with E-state index in [1.54, 1.807) is 18.9 Å². The van der Waals surface area contributed by atoms with Crippen LogP contribution in [0.15, 0.2) is 53.0 Å². The second-order valence-corrected chi connectivity index (χ2v) is 8.44. The van der Waals surface area contributed by atoms with Gasteiger partial charge in [0.15, 0.2) is 5.16 Å². The standard InChI is InChI=1S/C21H20N4O2S2/c1-13-3-5-14(6-4-13)22-19(26)10-20-23-15(11-28-20)12-29-21-24-17-8-7-16(27-2)9-18(17)25-21/h3-9,11H,10,12H2,1-2H3,(H,22,26)(H,24,25). The second-order valence-electron chi connectivity index (χ2n) is 6.54. The number of thiazole rings is 1. The number of fused-ring (bicyclic) bond motifs is 1. The average molecular weight is 425 g/mol. The number of hydrogen-bond donors (Lipinski definition) is 2. The van der Waals surface area contributed by atoms with Crippen molar-refractivity contribution in [3.8, 4) is 5.75 Å². The number of benzene rings is 2. The fraction of sp³-hybridized carbons (Fsp3) is 0.190. The van der Waals surface area contributed by atoms with E-state index in [9.17, 15) is 4.79 Å². The Morgan fingerprint density at radius 1 is 1.21 bits per heavy atom. The third-order valence-corrected chi connectivity index (χ3v) is 6.08. The predicted molar refractivity (Wildman–Crippen MR) is 118 cm³/mol. The Morgan fingerprint density at radius 2 is 2.03 bits per heavy atom. The molecule has 148 valence electrons. The van der Waals surface area contributed by atoms with E-state index < -0.39 is 0 Å². The van der Waals surface area contributed by atoms with Gasteiger partial charge in [-0.1, -0.05) is 29.5 Å². The molecule has 29 heavy (non-hydrogen) atoms. The molecule has 2 heterocycles. The Kier molecular flexibility index (Phi) is 5.82. The highest BCUT2D eigenvalue weighted by atomic mass is 32.2. The SMILES string of the molecule is COc1ccc2nc(SCc3csc(CC(=O)Nc4ccc(C)cc4)n3)[nH]c2c1. The van der Waals surface area contributed by atoms with Gasteiger partial charge in [-0.2, -0.15) is 0 Å². The van der Waals surface area contributed by atoms with E-state index in [-0.39, 0.29) is 12.3 Å². The molecule has 1 amide bonds. The van der Waals surface area contributed by atoms with Gasteiger partial charge in [0.05, 0.1) is 30.3 Å². The van der Waals surface area contributed by atoms with E-state index in [2.05, 4.69) is 20.3 Å². The summed E-state index contributed by atoms with van der Waals surface area (Å²) >= 11 is 3.09. The highest BCUT2D eigenvalue weighted by Crippen LogP contribution is 2.26. The Labute approximate surface area is 176 Å². The zero-order chi connectivity index (χ0) is 20.2. The van der Waals surface area contributed by atoms with Gasteiger partial charge in [0, 0.05) is 22.9 Å². The molecule has 4 aromatic rings. The predicted octanol–water partition coefficient (Wildman–Crippen LogP) is 4.81. The number of nitrogens with zero attached hydrogens (tertiary/aromatic N) is 2. The summed E-state index contributed by atoms with van der Waals surface area (Å²) in [5, 5.41) is 6.54. The summed E-state index contributed by atoms with van der Waals surface area (Å²) in [4.78, 5) is 24.7. The zero-order valence-corrected chi connectivity index (χ0v) is 17.7. The molecule has 2 aromatic carbocycles. The minimum atomic E-state index is -0.0614. The third kappa shape index (κ3) is 4.96. The van der Waals surface area contributed by atoms with E-state index in [1.807, 2.05) is 54.8 Å². The van der Waals surface area contributed by atoms with Crippen molar-refractivity contribution in [1.82, 2.24) is 15.0 Å². The van der Waals surface area contributed by atoms with Gasteiger partial charge in [0.1, 0.15) is 10.8 Å². The molecule has 0 saturated heterocycles. The molecule has 0 aliphatic rings. The van der Waals surface area contributed by atoms with Crippen LogP contribution in [0.5, 0.6) is 5.75 Å². The first-order valence-electron chi connectivity index (χ1n) is 9.05. The summed E-state index contributed by atoms with van der Waals surface area (Å²) in [5.41, 5.74) is 4.75. The van der Waals surface area contributed by atoms with E-state index in [1.165, 1.54) is 11.3 Å². The number of hydrogen-bond acceptors (Lipinski definition) is 6. The van der Waals surface area contributed by atoms with Gasteiger partial charge in [0.2, 0.25) is 5.91 Å². The summed E-state index contributed by atoms with van der Waals surface area (Å²) < 4.78 is 5.24. The molecule has 0 aliphatic carbocycles. The number of thioether (sulfide) groups is 1. The van der Waals surface area contributed by atoms with Crippen LogP contribution >= 0.6 is 23.1 Å². The van der Waals surface area contributed by atoms with Crippen LogP contribution in [0.4, 0.5) is 5.69 Å². The van der Waals surface area contributed by atoms with Crippen LogP contribution in [0.1, 0.15) is 16.3 Å². The number of aryl methyl sites for hydroxylation is 1. The number of anilines is 1. The molecule has 0 aliphatic heterocycles. The Balaban J connectivity index is 1.33. The molecule has 0 fully saturated rings. The number of H-pyrrole nitrogens is 1. The summed E-state index contributed by atoms with van der Waals surface area (Å²) in [5.74, 6) is 1.42. The van der Waals surface area contributed by atoms with Gasteiger partial charge in [-0.25, -0.2) is 9.97 Å². The maximum Gasteiger partial charge on any atom is 0.231 e.